The summed E-state index contributed by atoms with van der Waals surface area (Å²) in [5.74, 6) is -0.905. The molecule has 2 amide bonds. The van der Waals surface area contributed by atoms with Crippen molar-refractivity contribution in [3.05, 3.63) is 29.3 Å². The second-order valence-electron chi connectivity index (χ2n) is 2.97. The molecular weight excluding hydrogens is 196 g/mol. The lowest BCUT2D eigenvalue weighted by Crippen LogP contribution is -2.13. The van der Waals surface area contributed by atoms with Gasteiger partial charge in [-0.1, -0.05) is 0 Å². The zero-order valence-electron chi connectivity index (χ0n) is 8.11. The first kappa shape index (κ1) is 10.9. The van der Waals surface area contributed by atoms with E-state index in [9.17, 15) is 14.4 Å². The second kappa shape index (κ2) is 4.36. The molecule has 0 saturated heterocycles. The molecule has 0 saturated carbocycles. The molecule has 0 atom stereocenters. The van der Waals surface area contributed by atoms with Crippen LogP contribution in [0.5, 0.6) is 0 Å². The fourth-order valence-electron chi connectivity index (χ4n) is 1.12. The number of primary amides is 1. The summed E-state index contributed by atoms with van der Waals surface area (Å²) in [5.41, 5.74) is 5.86. The lowest BCUT2D eigenvalue weighted by atomic mass is 10.1. The average molecular weight is 206 g/mol. The van der Waals surface area contributed by atoms with E-state index < -0.39 is 5.91 Å². The Hall–Kier alpha value is -2.17. The molecule has 1 aromatic rings. The van der Waals surface area contributed by atoms with Gasteiger partial charge >= 0.3 is 0 Å². The van der Waals surface area contributed by atoms with E-state index in [0.29, 0.717) is 12.0 Å². The van der Waals surface area contributed by atoms with Crippen molar-refractivity contribution in [1.82, 2.24) is 0 Å². The predicted molar refractivity (Wildman–Crippen MR) is 54.7 cm³/mol. The molecule has 0 unspecified atom stereocenters. The third kappa shape index (κ3) is 2.63. The van der Waals surface area contributed by atoms with Crippen LogP contribution in [-0.4, -0.2) is 18.1 Å². The maximum atomic E-state index is 10.8. The van der Waals surface area contributed by atoms with Gasteiger partial charge in [-0.3, -0.25) is 14.4 Å². The van der Waals surface area contributed by atoms with E-state index in [2.05, 4.69) is 5.32 Å². The van der Waals surface area contributed by atoms with Crippen molar-refractivity contribution in [2.75, 3.05) is 5.32 Å². The number of nitrogens with one attached hydrogen (secondary N) is 1. The smallest absolute Gasteiger partial charge is 0.248 e. The summed E-state index contributed by atoms with van der Waals surface area (Å²) in [6.07, 6.45) is 0.553. The fraction of sp³-hybridized carbons (Fsp3) is 0.100. The normalized spacial score (nSPS) is 9.40. The molecule has 78 valence electrons. The van der Waals surface area contributed by atoms with Crippen LogP contribution in [0.25, 0.3) is 0 Å². The Kier molecular flexibility index (Phi) is 3.17. The summed E-state index contributed by atoms with van der Waals surface area (Å²) in [7, 11) is 0. The van der Waals surface area contributed by atoms with Crippen molar-refractivity contribution >= 4 is 23.8 Å². The quantitative estimate of drug-likeness (QED) is 0.708. The first-order chi connectivity index (χ1) is 7.04. The largest absolute Gasteiger partial charge is 0.366 e. The minimum absolute atomic E-state index is 0.224. The van der Waals surface area contributed by atoms with Crippen LogP contribution in [0, 0.1) is 0 Å². The Bertz CT molecular complexity index is 427. The first-order valence-electron chi connectivity index (χ1n) is 4.21. The van der Waals surface area contributed by atoms with Crippen LogP contribution in [-0.2, 0) is 4.79 Å². The zero-order chi connectivity index (χ0) is 11.4. The lowest BCUT2D eigenvalue weighted by Gasteiger charge is -2.06. The summed E-state index contributed by atoms with van der Waals surface area (Å²) in [6.45, 7) is 1.33. The van der Waals surface area contributed by atoms with E-state index >= 15 is 0 Å². The molecule has 1 rings (SSSR count). The monoisotopic (exact) mass is 206 g/mol. The summed E-state index contributed by atoms with van der Waals surface area (Å²) in [5, 5.41) is 2.47. The van der Waals surface area contributed by atoms with Crippen LogP contribution < -0.4 is 11.1 Å². The van der Waals surface area contributed by atoms with E-state index in [1.54, 1.807) is 0 Å². The fourth-order valence-corrected chi connectivity index (χ4v) is 1.12. The Balaban J connectivity index is 3.14. The van der Waals surface area contributed by atoms with E-state index in [0.717, 1.165) is 0 Å². The van der Waals surface area contributed by atoms with Crippen molar-refractivity contribution in [2.45, 2.75) is 6.92 Å². The highest BCUT2D eigenvalue weighted by Crippen LogP contribution is 2.15. The van der Waals surface area contributed by atoms with E-state index in [1.807, 2.05) is 0 Å². The van der Waals surface area contributed by atoms with Gasteiger partial charge in [-0.25, -0.2) is 0 Å². The Morgan fingerprint density at radius 3 is 2.53 bits per heavy atom. The van der Waals surface area contributed by atoms with Gasteiger partial charge < -0.3 is 11.1 Å². The maximum absolute atomic E-state index is 10.8. The van der Waals surface area contributed by atoms with Crippen LogP contribution in [0.15, 0.2) is 18.2 Å². The molecule has 0 aliphatic heterocycles. The number of aldehydes is 1. The van der Waals surface area contributed by atoms with Crippen molar-refractivity contribution in [2.24, 2.45) is 5.73 Å². The van der Waals surface area contributed by atoms with Crippen LogP contribution >= 0.6 is 0 Å². The highest BCUT2D eigenvalue weighted by molar-refractivity contribution is 5.99. The summed E-state index contributed by atoms with van der Waals surface area (Å²) in [6, 6.07) is 4.24. The van der Waals surface area contributed by atoms with Crippen molar-refractivity contribution in [3.63, 3.8) is 0 Å². The molecule has 0 spiro atoms. The van der Waals surface area contributed by atoms with E-state index in [4.69, 9.17) is 5.73 Å². The molecule has 0 aromatic heterocycles. The minimum Gasteiger partial charge on any atom is -0.366 e. The number of rotatable bonds is 3. The molecule has 5 nitrogen and oxygen atoms in total. The highest BCUT2D eigenvalue weighted by atomic mass is 16.1. The third-order valence-corrected chi connectivity index (χ3v) is 1.77. The number of nitrogens with two attached hydrogens (primary N) is 1. The van der Waals surface area contributed by atoms with E-state index in [1.165, 1.54) is 25.1 Å². The van der Waals surface area contributed by atoms with Gasteiger partial charge in [0.1, 0.15) is 0 Å². The van der Waals surface area contributed by atoms with Crippen LogP contribution in [0.3, 0.4) is 0 Å². The molecule has 3 N–H and O–H groups in total. The van der Waals surface area contributed by atoms with Gasteiger partial charge in [0.2, 0.25) is 11.8 Å². The van der Waals surface area contributed by atoms with Crippen molar-refractivity contribution < 1.29 is 14.4 Å². The molecule has 0 bridgehead atoms. The third-order valence-electron chi connectivity index (χ3n) is 1.77. The van der Waals surface area contributed by atoms with Crippen molar-refractivity contribution in [3.8, 4) is 0 Å². The molecule has 0 radical (unpaired) electrons. The van der Waals surface area contributed by atoms with Crippen molar-refractivity contribution in [1.29, 1.82) is 0 Å². The van der Waals surface area contributed by atoms with Gasteiger partial charge in [0.25, 0.3) is 0 Å². The van der Waals surface area contributed by atoms with Crippen LogP contribution in [0.1, 0.15) is 27.6 Å². The number of carbonyl (C=O) groups excluding carboxylic acids is 3. The van der Waals surface area contributed by atoms with Gasteiger partial charge in [-0.15, -0.1) is 0 Å². The molecule has 0 aliphatic carbocycles. The molecule has 0 heterocycles. The lowest BCUT2D eigenvalue weighted by molar-refractivity contribution is -0.114. The molecule has 1 aromatic carbocycles. The zero-order valence-corrected chi connectivity index (χ0v) is 8.11. The standard InChI is InChI=1S/C10H10N2O3/c1-6(14)12-9-3-2-7(10(11)15)4-8(9)5-13/h2-5H,1H3,(H2,11,15)(H,12,14). The van der Waals surface area contributed by atoms with Gasteiger partial charge in [-0.05, 0) is 18.2 Å². The average Bonchev–Trinajstić information content (AvgIpc) is 2.17. The van der Waals surface area contributed by atoms with Gasteiger partial charge in [0.15, 0.2) is 6.29 Å². The number of hydrogen-bond acceptors (Lipinski definition) is 3. The molecule has 0 fully saturated rings. The molecular formula is C10H10N2O3. The Morgan fingerprint density at radius 2 is 2.07 bits per heavy atom. The highest BCUT2D eigenvalue weighted by Gasteiger charge is 2.07. The number of amides is 2. The molecule has 0 aliphatic rings. The van der Waals surface area contributed by atoms with Crippen LogP contribution in [0.2, 0.25) is 0 Å². The molecule has 15 heavy (non-hydrogen) atoms. The van der Waals surface area contributed by atoms with E-state index in [-0.39, 0.29) is 17.0 Å². The Morgan fingerprint density at radius 1 is 1.40 bits per heavy atom. The number of anilines is 1. The predicted octanol–water partition coefficient (Wildman–Crippen LogP) is 0.556. The van der Waals surface area contributed by atoms with Gasteiger partial charge in [-0.2, -0.15) is 0 Å². The van der Waals surface area contributed by atoms with Gasteiger partial charge in [0, 0.05) is 18.1 Å². The second-order valence-corrected chi connectivity index (χ2v) is 2.97. The SMILES string of the molecule is CC(=O)Nc1ccc(C(N)=O)cc1C=O. The number of hydrogen-bond donors (Lipinski definition) is 2. The minimum atomic E-state index is -0.618. The maximum Gasteiger partial charge on any atom is 0.248 e. The topological polar surface area (TPSA) is 89.3 Å². The van der Waals surface area contributed by atoms with Gasteiger partial charge in [0.05, 0.1) is 5.69 Å². The summed E-state index contributed by atoms with van der Waals surface area (Å²) < 4.78 is 0. The Labute approximate surface area is 86.3 Å². The summed E-state index contributed by atoms with van der Waals surface area (Å²) in [4.78, 5) is 32.3. The first-order valence-corrected chi connectivity index (χ1v) is 4.21. The summed E-state index contributed by atoms with van der Waals surface area (Å²) >= 11 is 0. The number of carbonyl (C=O) groups is 3. The molecule has 5 heteroatoms. The number of benzene rings is 1. The van der Waals surface area contributed by atoms with Crippen LogP contribution in [0.4, 0.5) is 5.69 Å².